The van der Waals surface area contributed by atoms with E-state index in [2.05, 4.69) is 10.4 Å². The molecule has 0 aliphatic heterocycles. The van der Waals surface area contributed by atoms with Gasteiger partial charge < -0.3 is 10.2 Å². The van der Waals surface area contributed by atoms with Gasteiger partial charge in [0.25, 0.3) is 5.91 Å². The van der Waals surface area contributed by atoms with Gasteiger partial charge in [-0.15, -0.1) is 0 Å². The van der Waals surface area contributed by atoms with E-state index < -0.39 is 0 Å². The van der Waals surface area contributed by atoms with Crippen LogP contribution in [0.5, 0.6) is 0 Å². The van der Waals surface area contributed by atoms with Gasteiger partial charge in [0.1, 0.15) is 11.5 Å². The fourth-order valence-electron chi connectivity index (χ4n) is 2.35. The first kappa shape index (κ1) is 17.7. The SMILES string of the molecule is CCn1nc(C)cc1C(=O)NCC(=O)N(C)Cc1cccc(F)c1. The van der Waals surface area contributed by atoms with Gasteiger partial charge in [-0.1, -0.05) is 12.1 Å². The first-order valence-corrected chi connectivity index (χ1v) is 7.71. The lowest BCUT2D eigenvalue weighted by molar-refractivity contribution is -0.129. The third-order valence-corrected chi connectivity index (χ3v) is 3.57. The van der Waals surface area contributed by atoms with E-state index >= 15 is 0 Å². The number of amides is 2. The van der Waals surface area contributed by atoms with Crippen molar-refractivity contribution in [2.45, 2.75) is 26.9 Å². The van der Waals surface area contributed by atoms with Crippen molar-refractivity contribution in [2.24, 2.45) is 0 Å². The Labute approximate surface area is 140 Å². The molecule has 2 amide bonds. The Hall–Kier alpha value is -2.70. The lowest BCUT2D eigenvalue weighted by Gasteiger charge is -2.17. The van der Waals surface area contributed by atoms with Crippen LogP contribution in [0.15, 0.2) is 30.3 Å². The van der Waals surface area contributed by atoms with Gasteiger partial charge in [0, 0.05) is 20.1 Å². The van der Waals surface area contributed by atoms with E-state index in [4.69, 9.17) is 0 Å². The van der Waals surface area contributed by atoms with Crippen molar-refractivity contribution >= 4 is 11.8 Å². The molecular formula is C17H21FN4O2. The van der Waals surface area contributed by atoms with Crippen LogP contribution in [-0.4, -0.2) is 40.1 Å². The predicted molar refractivity (Wildman–Crippen MR) is 87.8 cm³/mol. The molecule has 0 fully saturated rings. The largest absolute Gasteiger partial charge is 0.342 e. The lowest BCUT2D eigenvalue weighted by Crippen LogP contribution is -2.38. The smallest absolute Gasteiger partial charge is 0.269 e. The number of hydrogen-bond acceptors (Lipinski definition) is 3. The van der Waals surface area contributed by atoms with Crippen LogP contribution in [0.3, 0.4) is 0 Å². The Morgan fingerprint density at radius 3 is 2.75 bits per heavy atom. The number of aromatic nitrogens is 2. The highest BCUT2D eigenvalue weighted by Crippen LogP contribution is 2.07. The van der Waals surface area contributed by atoms with Crippen molar-refractivity contribution < 1.29 is 14.0 Å². The monoisotopic (exact) mass is 332 g/mol. The number of benzene rings is 1. The maximum absolute atomic E-state index is 13.2. The van der Waals surface area contributed by atoms with Crippen LogP contribution in [0, 0.1) is 12.7 Å². The topological polar surface area (TPSA) is 67.2 Å². The summed E-state index contributed by atoms with van der Waals surface area (Å²) < 4.78 is 14.8. The van der Waals surface area contributed by atoms with Crippen molar-refractivity contribution in [3.63, 3.8) is 0 Å². The van der Waals surface area contributed by atoms with Gasteiger partial charge in [-0.25, -0.2) is 4.39 Å². The first-order valence-electron chi connectivity index (χ1n) is 7.71. The number of nitrogens with one attached hydrogen (secondary N) is 1. The molecule has 1 aromatic carbocycles. The number of hydrogen-bond donors (Lipinski definition) is 1. The number of carbonyl (C=O) groups is 2. The van der Waals surface area contributed by atoms with E-state index in [-0.39, 0.29) is 30.7 Å². The molecule has 0 spiro atoms. The van der Waals surface area contributed by atoms with Crippen LogP contribution in [0.4, 0.5) is 4.39 Å². The normalized spacial score (nSPS) is 10.5. The summed E-state index contributed by atoms with van der Waals surface area (Å²) in [6, 6.07) is 7.75. The van der Waals surface area contributed by atoms with E-state index in [1.54, 1.807) is 36.9 Å². The number of aryl methyl sites for hydroxylation is 2. The molecule has 1 heterocycles. The van der Waals surface area contributed by atoms with Gasteiger partial charge in [-0.2, -0.15) is 5.10 Å². The van der Waals surface area contributed by atoms with Crippen LogP contribution in [0.25, 0.3) is 0 Å². The summed E-state index contributed by atoms with van der Waals surface area (Å²) in [6.07, 6.45) is 0. The number of halogens is 1. The minimum atomic E-state index is -0.343. The average Bonchev–Trinajstić information content (AvgIpc) is 2.93. The fourth-order valence-corrected chi connectivity index (χ4v) is 2.35. The molecule has 0 saturated heterocycles. The molecule has 7 heteroatoms. The maximum Gasteiger partial charge on any atom is 0.269 e. The van der Waals surface area contributed by atoms with E-state index in [9.17, 15) is 14.0 Å². The molecule has 2 aromatic rings. The summed E-state index contributed by atoms with van der Waals surface area (Å²) in [6.45, 7) is 4.42. The van der Waals surface area contributed by atoms with Crippen LogP contribution in [0.1, 0.15) is 28.7 Å². The lowest BCUT2D eigenvalue weighted by atomic mass is 10.2. The molecule has 0 saturated carbocycles. The summed E-state index contributed by atoms with van der Waals surface area (Å²) in [5.74, 6) is -0.943. The summed E-state index contributed by atoms with van der Waals surface area (Å²) in [4.78, 5) is 25.7. The van der Waals surface area contributed by atoms with Gasteiger partial charge in [0.2, 0.25) is 5.91 Å². The average molecular weight is 332 g/mol. The Morgan fingerprint density at radius 2 is 2.08 bits per heavy atom. The van der Waals surface area contributed by atoms with Crippen molar-refractivity contribution in [3.05, 3.63) is 53.1 Å². The minimum absolute atomic E-state index is 0.126. The summed E-state index contributed by atoms with van der Waals surface area (Å²) in [5.41, 5.74) is 1.86. The van der Waals surface area contributed by atoms with E-state index in [1.165, 1.54) is 17.0 Å². The molecule has 1 aromatic heterocycles. The highest BCUT2D eigenvalue weighted by atomic mass is 19.1. The Kier molecular flexibility index (Phi) is 5.68. The Balaban J connectivity index is 1.91. The van der Waals surface area contributed by atoms with Crippen LogP contribution >= 0.6 is 0 Å². The number of carbonyl (C=O) groups excluding carboxylic acids is 2. The first-order chi connectivity index (χ1) is 11.4. The standard InChI is InChI=1S/C17H21FN4O2/c1-4-22-15(8-12(2)20-22)17(24)19-10-16(23)21(3)11-13-6-5-7-14(18)9-13/h5-9H,4,10-11H2,1-3H3,(H,19,24). The van der Waals surface area contributed by atoms with Gasteiger partial charge in [-0.05, 0) is 37.6 Å². The highest BCUT2D eigenvalue weighted by Gasteiger charge is 2.16. The Bertz CT molecular complexity index is 742. The third kappa shape index (κ3) is 4.41. The molecule has 2 rings (SSSR count). The molecule has 24 heavy (non-hydrogen) atoms. The summed E-state index contributed by atoms with van der Waals surface area (Å²) in [7, 11) is 1.61. The fraction of sp³-hybridized carbons (Fsp3) is 0.353. The zero-order chi connectivity index (χ0) is 17.7. The molecule has 6 nitrogen and oxygen atoms in total. The minimum Gasteiger partial charge on any atom is -0.342 e. The molecule has 0 bridgehead atoms. The summed E-state index contributed by atoms with van der Waals surface area (Å²) >= 11 is 0. The van der Waals surface area contributed by atoms with Crippen molar-refractivity contribution in [3.8, 4) is 0 Å². The molecular weight excluding hydrogens is 311 g/mol. The number of nitrogens with zero attached hydrogens (tertiary/aromatic N) is 3. The van der Waals surface area contributed by atoms with Crippen molar-refractivity contribution in [1.29, 1.82) is 0 Å². The van der Waals surface area contributed by atoms with Crippen molar-refractivity contribution in [1.82, 2.24) is 20.0 Å². The molecule has 1 N–H and O–H groups in total. The zero-order valence-corrected chi connectivity index (χ0v) is 14.0. The molecule has 0 aliphatic carbocycles. The van der Waals surface area contributed by atoms with Crippen LogP contribution in [0.2, 0.25) is 0 Å². The maximum atomic E-state index is 13.2. The number of rotatable bonds is 6. The van der Waals surface area contributed by atoms with Gasteiger partial charge >= 0.3 is 0 Å². The molecule has 0 aliphatic rings. The predicted octanol–water partition coefficient (Wildman–Crippen LogP) is 1.74. The van der Waals surface area contributed by atoms with E-state index in [1.807, 2.05) is 6.92 Å². The van der Waals surface area contributed by atoms with Crippen LogP contribution < -0.4 is 5.32 Å². The molecule has 128 valence electrons. The molecule has 0 atom stereocenters. The molecule has 0 unspecified atom stereocenters. The second kappa shape index (κ2) is 7.72. The second-order valence-corrected chi connectivity index (χ2v) is 5.55. The van der Waals surface area contributed by atoms with Gasteiger partial charge in [0.05, 0.1) is 12.2 Å². The van der Waals surface area contributed by atoms with Crippen molar-refractivity contribution in [2.75, 3.05) is 13.6 Å². The van der Waals surface area contributed by atoms with Gasteiger partial charge in [-0.3, -0.25) is 14.3 Å². The van der Waals surface area contributed by atoms with E-state index in [0.717, 1.165) is 5.69 Å². The third-order valence-electron chi connectivity index (χ3n) is 3.57. The Morgan fingerprint density at radius 1 is 1.33 bits per heavy atom. The van der Waals surface area contributed by atoms with Gasteiger partial charge in [0.15, 0.2) is 0 Å². The van der Waals surface area contributed by atoms with E-state index in [0.29, 0.717) is 17.8 Å². The summed E-state index contributed by atoms with van der Waals surface area (Å²) in [5, 5.41) is 6.80. The highest BCUT2D eigenvalue weighted by molar-refractivity contribution is 5.95. The number of likely N-dealkylation sites (N-methyl/N-ethyl adjacent to an activating group) is 1. The quantitative estimate of drug-likeness (QED) is 0.876. The molecule has 0 radical (unpaired) electrons. The second-order valence-electron chi connectivity index (χ2n) is 5.55. The van der Waals surface area contributed by atoms with Crippen LogP contribution in [-0.2, 0) is 17.9 Å². The zero-order valence-electron chi connectivity index (χ0n) is 14.0.